The molecule has 0 radical (unpaired) electrons. The largest absolute Gasteiger partial charge is 0.465 e. The first kappa shape index (κ1) is 19.5. The van der Waals surface area contributed by atoms with Gasteiger partial charge in [-0.15, -0.1) is 0 Å². The SMILES string of the molecule is COCCn1c(=NC(=O)c2ccc([N+](=O)[O-])o2)sc2cc(C(=O)OC)ccc21. The van der Waals surface area contributed by atoms with Crippen LogP contribution in [0.5, 0.6) is 0 Å². The first-order chi connectivity index (χ1) is 13.4. The second-order valence-electron chi connectivity index (χ2n) is 5.52. The van der Waals surface area contributed by atoms with Crippen LogP contribution in [0.15, 0.2) is 39.7 Å². The van der Waals surface area contributed by atoms with Crippen molar-refractivity contribution in [3.05, 3.63) is 56.6 Å². The van der Waals surface area contributed by atoms with Crippen molar-refractivity contribution in [2.45, 2.75) is 6.54 Å². The monoisotopic (exact) mass is 405 g/mol. The van der Waals surface area contributed by atoms with Gasteiger partial charge in [0.2, 0.25) is 5.76 Å². The van der Waals surface area contributed by atoms with Crippen molar-refractivity contribution in [1.29, 1.82) is 0 Å². The summed E-state index contributed by atoms with van der Waals surface area (Å²) >= 11 is 1.19. The summed E-state index contributed by atoms with van der Waals surface area (Å²) in [5.74, 6) is -2.00. The van der Waals surface area contributed by atoms with Crippen LogP contribution in [0.1, 0.15) is 20.9 Å². The van der Waals surface area contributed by atoms with Crippen LogP contribution in [-0.4, -0.2) is 42.2 Å². The minimum Gasteiger partial charge on any atom is -0.465 e. The fourth-order valence-electron chi connectivity index (χ4n) is 2.48. The van der Waals surface area contributed by atoms with Crippen molar-refractivity contribution < 1.29 is 28.4 Å². The molecule has 2 heterocycles. The second-order valence-corrected chi connectivity index (χ2v) is 6.52. The highest BCUT2D eigenvalue weighted by Gasteiger charge is 2.18. The standard InChI is InChI=1S/C17H15N3O7S/c1-25-8-7-19-11-4-3-10(16(22)26-2)9-13(11)28-17(19)18-15(21)12-5-6-14(27-12)20(23)24/h3-6,9H,7-8H2,1-2H3. The third kappa shape index (κ3) is 3.85. The number of furan rings is 1. The molecule has 0 saturated heterocycles. The zero-order valence-corrected chi connectivity index (χ0v) is 15.7. The number of thiazole rings is 1. The number of nitro groups is 1. The molecule has 146 valence electrons. The lowest BCUT2D eigenvalue weighted by Gasteiger charge is -2.04. The number of rotatable bonds is 6. The molecule has 0 aliphatic rings. The maximum absolute atomic E-state index is 12.4. The van der Waals surface area contributed by atoms with Gasteiger partial charge in [-0.1, -0.05) is 11.3 Å². The van der Waals surface area contributed by atoms with E-state index in [9.17, 15) is 19.7 Å². The van der Waals surface area contributed by atoms with Crippen LogP contribution >= 0.6 is 11.3 Å². The molecule has 11 heteroatoms. The van der Waals surface area contributed by atoms with Crippen LogP contribution in [0.25, 0.3) is 10.2 Å². The van der Waals surface area contributed by atoms with Crippen LogP contribution < -0.4 is 4.80 Å². The van der Waals surface area contributed by atoms with Crippen LogP contribution in [0.2, 0.25) is 0 Å². The zero-order chi connectivity index (χ0) is 20.3. The Labute approximate surface area is 161 Å². The van der Waals surface area contributed by atoms with Gasteiger partial charge in [-0.3, -0.25) is 14.9 Å². The summed E-state index contributed by atoms with van der Waals surface area (Å²) in [4.78, 5) is 38.5. The highest BCUT2D eigenvalue weighted by atomic mass is 32.1. The van der Waals surface area contributed by atoms with Crippen LogP contribution in [-0.2, 0) is 16.0 Å². The number of aromatic nitrogens is 1. The quantitative estimate of drug-likeness (QED) is 0.350. The van der Waals surface area contributed by atoms with Crippen LogP contribution in [0.3, 0.4) is 0 Å². The van der Waals surface area contributed by atoms with Crippen molar-refractivity contribution in [3.8, 4) is 0 Å². The van der Waals surface area contributed by atoms with E-state index in [1.165, 1.54) is 24.5 Å². The number of ether oxygens (including phenoxy) is 2. The Hall–Kier alpha value is -3.31. The molecular formula is C17H15N3O7S. The number of methoxy groups -OCH3 is 2. The second kappa shape index (κ2) is 8.15. The smallest absolute Gasteiger partial charge is 0.433 e. The Morgan fingerprint density at radius 2 is 2.07 bits per heavy atom. The summed E-state index contributed by atoms with van der Waals surface area (Å²) < 4.78 is 17.2. The topological polar surface area (TPSA) is 126 Å². The van der Waals surface area contributed by atoms with Crippen molar-refractivity contribution in [1.82, 2.24) is 4.57 Å². The van der Waals surface area contributed by atoms with Gasteiger partial charge in [0.15, 0.2) is 4.80 Å². The van der Waals surface area contributed by atoms with E-state index >= 15 is 0 Å². The van der Waals surface area contributed by atoms with Crippen LogP contribution in [0.4, 0.5) is 5.88 Å². The van der Waals surface area contributed by atoms with Gasteiger partial charge in [0.05, 0.1) is 35.6 Å². The minimum atomic E-state index is -0.751. The normalized spacial score (nSPS) is 11.7. The molecule has 0 aliphatic carbocycles. The van der Waals surface area contributed by atoms with Gasteiger partial charge in [0.25, 0.3) is 0 Å². The summed E-state index contributed by atoms with van der Waals surface area (Å²) in [7, 11) is 2.84. The van der Waals surface area contributed by atoms with Gasteiger partial charge in [-0.05, 0) is 24.3 Å². The zero-order valence-electron chi connectivity index (χ0n) is 14.9. The summed E-state index contributed by atoms with van der Waals surface area (Å²) in [5.41, 5.74) is 1.13. The molecule has 10 nitrogen and oxygen atoms in total. The Bertz CT molecular complexity index is 1130. The summed E-state index contributed by atoms with van der Waals surface area (Å²) in [6.45, 7) is 0.788. The Balaban J connectivity index is 2.08. The number of fused-ring (bicyclic) bond motifs is 1. The first-order valence-corrected chi connectivity index (χ1v) is 8.80. The highest BCUT2D eigenvalue weighted by molar-refractivity contribution is 7.16. The molecule has 0 spiro atoms. The number of esters is 1. The maximum atomic E-state index is 12.4. The molecule has 28 heavy (non-hydrogen) atoms. The highest BCUT2D eigenvalue weighted by Crippen LogP contribution is 2.21. The third-order valence-corrected chi connectivity index (χ3v) is 4.84. The number of hydrogen-bond donors (Lipinski definition) is 0. The molecule has 0 N–H and O–H groups in total. The fourth-order valence-corrected chi connectivity index (χ4v) is 3.58. The number of carbonyl (C=O) groups excluding carboxylic acids is 2. The molecule has 3 rings (SSSR count). The molecule has 0 aliphatic heterocycles. The van der Waals surface area contributed by atoms with Crippen molar-refractivity contribution in [2.24, 2.45) is 4.99 Å². The maximum Gasteiger partial charge on any atom is 0.433 e. The van der Waals surface area contributed by atoms with Crippen molar-refractivity contribution in [3.63, 3.8) is 0 Å². The van der Waals surface area contributed by atoms with E-state index in [-0.39, 0.29) is 5.76 Å². The predicted octanol–water partition coefficient (Wildman–Crippen LogP) is 2.38. The molecule has 0 fully saturated rings. The van der Waals surface area contributed by atoms with Crippen molar-refractivity contribution >= 4 is 39.3 Å². The summed E-state index contributed by atoms with van der Waals surface area (Å²) in [6.07, 6.45) is 0. The van der Waals surface area contributed by atoms with Gasteiger partial charge in [-0.25, -0.2) is 4.79 Å². The van der Waals surface area contributed by atoms with Gasteiger partial charge >= 0.3 is 17.8 Å². The summed E-state index contributed by atoms with van der Waals surface area (Å²) in [6, 6.07) is 7.29. The third-order valence-electron chi connectivity index (χ3n) is 3.80. The number of nitrogens with zero attached hydrogens (tertiary/aromatic N) is 3. The van der Waals surface area contributed by atoms with E-state index in [0.717, 1.165) is 16.3 Å². The van der Waals surface area contributed by atoms with E-state index in [1.54, 1.807) is 29.9 Å². The van der Waals surface area contributed by atoms with Gasteiger partial charge in [-0.2, -0.15) is 4.99 Å². The number of hydrogen-bond acceptors (Lipinski definition) is 8. The fraction of sp³-hybridized carbons (Fsp3) is 0.235. The number of amides is 1. The average molecular weight is 405 g/mol. The summed E-state index contributed by atoms with van der Waals surface area (Å²) in [5, 5.41) is 10.7. The van der Waals surface area contributed by atoms with E-state index < -0.39 is 22.7 Å². The van der Waals surface area contributed by atoms with Gasteiger partial charge < -0.3 is 18.5 Å². The Kier molecular flexibility index (Phi) is 5.66. The predicted molar refractivity (Wildman–Crippen MR) is 98.3 cm³/mol. The molecule has 3 aromatic rings. The molecule has 1 aromatic carbocycles. The number of benzene rings is 1. The lowest BCUT2D eigenvalue weighted by atomic mass is 10.2. The molecule has 0 saturated carbocycles. The average Bonchev–Trinajstić information content (AvgIpc) is 3.30. The molecule has 0 bridgehead atoms. The molecule has 0 unspecified atom stereocenters. The van der Waals surface area contributed by atoms with E-state index in [1.807, 2.05) is 0 Å². The molecule has 1 amide bonds. The van der Waals surface area contributed by atoms with E-state index in [0.29, 0.717) is 23.5 Å². The minimum absolute atomic E-state index is 0.238. The van der Waals surface area contributed by atoms with Gasteiger partial charge in [0.1, 0.15) is 4.92 Å². The van der Waals surface area contributed by atoms with Crippen LogP contribution in [0, 0.1) is 10.1 Å². The first-order valence-electron chi connectivity index (χ1n) is 7.98. The lowest BCUT2D eigenvalue weighted by molar-refractivity contribution is -0.402. The molecule has 0 atom stereocenters. The van der Waals surface area contributed by atoms with Gasteiger partial charge in [0, 0.05) is 13.7 Å². The van der Waals surface area contributed by atoms with E-state index in [4.69, 9.17) is 13.9 Å². The van der Waals surface area contributed by atoms with Crippen molar-refractivity contribution in [2.75, 3.05) is 20.8 Å². The lowest BCUT2D eigenvalue weighted by Crippen LogP contribution is -2.19. The Morgan fingerprint density at radius 1 is 1.29 bits per heavy atom. The Morgan fingerprint density at radius 3 is 2.71 bits per heavy atom. The molecular weight excluding hydrogens is 390 g/mol. The molecule has 2 aromatic heterocycles. The number of carbonyl (C=O) groups is 2. The van der Waals surface area contributed by atoms with E-state index in [2.05, 4.69) is 4.99 Å².